The van der Waals surface area contributed by atoms with Crippen LogP contribution in [0.25, 0.3) is 5.69 Å². The van der Waals surface area contributed by atoms with E-state index >= 15 is 0 Å². The molecule has 0 unspecified atom stereocenters. The van der Waals surface area contributed by atoms with E-state index in [-0.39, 0.29) is 11.5 Å². The van der Waals surface area contributed by atoms with Crippen molar-refractivity contribution in [2.24, 2.45) is 7.05 Å². The molecule has 7 heteroatoms. The Labute approximate surface area is 182 Å². The molecule has 31 heavy (non-hydrogen) atoms. The number of benzene rings is 2. The van der Waals surface area contributed by atoms with Gasteiger partial charge in [0.2, 0.25) is 5.91 Å². The highest BCUT2D eigenvalue weighted by Gasteiger charge is 2.18. The second-order valence-electron chi connectivity index (χ2n) is 7.70. The molecule has 0 fully saturated rings. The monoisotopic (exact) mass is 422 g/mol. The maximum atomic E-state index is 12.9. The third-order valence-corrected chi connectivity index (χ3v) is 5.30. The van der Waals surface area contributed by atoms with Gasteiger partial charge in [-0.3, -0.25) is 14.3 Å². The van der Waals surface area contributed by atoms with Crippen LogP contribution in [-0.4, -0.2) is 46.9 Å². The van der Waals surface area contributed by atoms with E-state index < -0.39 is 0 Å². The van der Waals surface area contributed by atoms with Gasteiger partial charge in [-0.15, -0.1) is 0 Å². The number of ether oxygens (including phenoxy) is 1. The van der Waals surface area contributed by atoms with Gasteiger partial charge < -0.3 is 15.0 Å². The van der Waals surface area contributed by atoms with E-state index in [0.717, 1.165) is 11.4 Å². The quantitative estimate of drug-likeness (QED) is 0.575. The smallest absolute Gasteiger partial charge is 0.295 e. The zero-order valence-corrected chi connectivity index (χ0v) is 18.6. The van der Waals surface area contributed by atoms with Gasteiger partial charge in [-0.05, 0) is 45.2 Å². The lowest BCUT2D eigenvalue weighted by Gasteiger charge is -2.16. The van der Waals surface area contributed by atoms with Crippen molar-refractivity contribution in [2.75, 3.05) is 32.1 Å². The minimum atomic E-state index is -0.237. The lowest BCUT2D eigenvalue weighted by atomic mass is 10.2. The van der Waals surface area contributed by atoms with E-state index in [1.54, 1.807) is 16.4 Å². The first-order chi connectivity index (χ1) is 14.9. The number of likely N-dealkylation sites (N-methyl/N-ethyl adjacent to an activating group) is 1. The van der Waals surface area contributed by atoms with Crippen molar-refractivity contribution in [1.29, 1.82) is 0 Å². The van der Waals surface area contributed by atoms with Crippen molar-refractivity contribution in [1.82, 2.24) is 14.3 Å². The molecule has 0 aliphatic heterocycles. The highest BCUT2D eigenvalue weighted by molar-refractivity contribution is 5.91. The van der Waals surface area contributed by atoms with Gasteiger partial charge in [0, 0.05) is 26.6 Å². The lowest BCUT2D eigenvalue weighted by molar-refractivity contribution is -0.116. The summed E-state index contributed by atoms with van der Waals surface area (Å²) in [6, 6.07) is 17.3. The third-order valence-electron chi connectivity index (χ3n) is 5.30. The van der Waals surface area contributed by atoms with Crippen molar-refractivity contribution in [3.05, 3.63) is 76.2 Å². The molecule has 1 aromatic heterocycles. The number of para-hydroxylation sites is 1. The number of aryl methyl sites for hydroxylation is 1. The topological polar surface area (TPSA) is 68.5 Å². The highest BCUT2D eigenvalue weighted by Crippen LogP contribution is 2.14. The SMILES string of the molecule is Cc1ccc(OCCN(C)CCC(=O)Nc2c(C)n(C)n(-c3ccccc3)c2=O)cc1. The van der Waals surface area contributed by atoms with Gasteiger partial charge in [-0.25, -0.2) is 4.68 Å². The number of aromatic nitrogens is 2. The fourth-order valence-electron chi connectivity index (χ4n) is 3.27. The lowest BCUT2D eigenvalue weighted by Crippen LogP contribution is -2.29. The predicted octanol–water partition coefficient (Wildman–Crippen LogP) is 3.13. The van der Waals surface area contributed by atoms with Gasteiger partial charge in [-0.1, -0.05) is 35.9 Å². The van der Waals surface area contributed by atoms with Crippen molar-refractivity contribution in [3.8, 4) is 11.4 Å². The number of amides is 1. The summed E-state index contributed by atoms with van der Waals surface area (Å²) in [4.78, 5) is 27.4. The Bertz CT molecular complexity index is 1070. The standard InChI is InChI=1S/C24H30N4O3/c1-18-10-12-21(13-11-18)31-17-16-26(3)15-14-22(29)25-23-19(2)27(4)28(24(23)30)20-8-6-5-7-9-20/h5-13H,14-17H2,1-4H3,(H,25,29). The van der Waals surface area contributed by atoms with Crippen molar-refractivity contribution in [3.63, 3.8) is 0 Å². The number of nitrogens with zero attached hydrogens (tertiary/aromatic N) is 3. The number of hydrogen-bond donors (Lipinski definition) is 1. The molecule has 164 valence electrons. The normalized spacial score (nSPS) is 11.0. The summed E-state index contributed by atoms with van der Waals surface area (Å²) in [6.45, 7) is 5.68. The van der Waals surface area contributed by atoms with E-state index in [1.165, 1.54) is 5.56 Å². The molecule has 2 aromatic carbocycles. The molecule has 3 aromatic rings. The van der Waals surface area contributed by atoms with Gasteiger partial charge >= 0.3 is 0 Å². The van der Waals surface area contributed by atoms with Crippen LogP contribution in [0, 0.1) is 13.8 Å². The Balaban J connectivity index is 1.51. The van der Waals surface area contributed by atoms with Crippen molar-refractivity contribution in [2.45, 2.75) is 20.3 Å². The molecule has 0 radical (unpaired) electrons. The molecule has 0 spiro atoms. The number of carbonyl (C=O) groups is 1. The molecule has 3 rings (SSSR count). The Hall–Kier alpha value is -3.32. The Morgan fingerprint density at radius 2 is 1.71 bits per heavy atom. The number of hydrogen-bond acceptors (Lipinski definition) is 4. The zero-order valence-electron chi connectivity index (χ0n) is 18.6. The molecule has 0 aliphatic carbocycles. The van der Waals surface area contributed by atoms with Crippen LogP contribution in [0.1, 0.15) is 17.7 Å². The maximum Gasteiger partial charge on any atom is 0.295 e. The van der Waals surface area contributed by atoms with E-state index in [1.807, 2.05) is 80.4 Å². The molecule has 0 bridgehead atoms. The first-order valence-electron chi connectivity index (χ1n) is 10.4. The fraction of sp³-hybridized carbons (Fsp3) is 0.333. The molecule has 0 saturated carbocycles. The molecule has 1 N–H and O–H groups in total. The number of rotatable bonds is 9. The van der Waals surface area contributed by atoms with E-state index in [9.17, 15) is 9.59 Å². The summed E-state index contributed by atoms with van der Waals surface area (Å²) in [6.07, 6.45) is 0.292. The third kappa shape index (κ3) is 5.64. The minimum Gasteiger partial charge on any atom is -0.492 e. The Kier molecular flexibility index (Phi) is 7.31. The summed E-state index contributed by atoms with van der Waals surface area (Å²) in [5.74, 6) is 0.656. The molecule has 0 atom stereocenters. The Morgan fingerprint density at radius 3 is 2.39 bits per heavy atom. The molecule has 1 amide bonds. The summed E-state index contributed by atoms with van der Waals surface area (Å²) in [7, 11) is 3.75. The van der Waals surface area contributed by atoms with E-state index in [0.29, 0.717) is 37.5 Å². The Morgan fingerprint density at radius 1 is 1.03 bits per heavy atom. The van der Waals surface area contributed by atoms with Crippen LogP contribution in [0.5, 0.6) is 5.75 Å². The van der Waals surface area contributed by atoms with Gasteiger partial charge in [-0.2, -0.15) is 0 Å². The molecule has 1 heterocycles. The fourth-order valence-corrected chi connectivity index (χ4v) is 3.27. The van der Waals surface area contributed by atoms with Crippen LogP contribution in [0.3, 0.4) is 0 Å². The van der Waals surface area contributed by atoms with Gasteiger partial charge in [0.1, 0.15) is 18.0 Å². The largest absolute Gasteiger partial charge is 0.492 e. The van der Waals surface area contributed by atoms with Crippen molar-refractivity contribution < 1.29 is 9.53 Å². The van der Waals surface area contributed by atoms with Crippen LogP contribution >= 0.6 is 0 Å². The summed E-state index contributed by atoms with van der Waals surface area (Å²) < 4.78 is 9.04. The van der Waals surface area contributed by atoms with Crippen LogP contribution in [0.15, 0.2) is 59.4 Å². The minimum absolute atomic E-state index is 0.183. The van der Waals surface area contributed by atoms with Gasteiger partial charge in [0.05, 0.1) is 11.4 Å². The second kappa shape index (κ2) is 10.1. The number of anilines is 1. The van der Waals surface area contributed by atoms with E-state index in [2.05, 4.69) is 5.32 Å². The van der Waals surface area contributed by atoms with Crippen LogP contribution in [-0.2, 0) is 11.8 Å². The average molecular weight is 423 g/mol. The van der Waals surface area contributed by atoms with Gasteiger partial charge in [0.25, 0.3) is 5.56 Å². The number of carbonyl (C=O) groups excluding carboxylic acids is 1. The van der Waals surface area contributed by atoms with E-state index in [4.69, 9.17) is 4.74 Å². The van der Waals surface area contributed by atoms with Crippen molar-refractivity contribution >= 4 is 11.6 Å². The van der Waals surface area contributed by atoms with Crippen LogP contribution < -0.4 is 15.6 Å². The highest BCUT2D eigenvalue weighted by atomic mass is 16.5. The second-order valence-corrected chi connectivity index (χ2v) is 7.70. The summed E-state index contributed by atoms with van der Waals surface area (Å²) in [5.41, 5.74) is 2.75. The first-order valence-corrected chi connectivity index (χ1v) is 10.4. The number of nitrogens with one attached hydrogen (secondary N) is 1. The molecule has 7 nitrogen and oxygen atoms in total. The van der Waals surface area contributed by atoms with Crippen LogP contribution in [0.2, 0.25) is 0 Å². The summed E-state index contributed by atoms with van der Waals surface area (Å²) in [5, 5.41) is 2.80. The predicted molar refractivity (Wildman–Crippen MR) is 123 cm³/mol. The maximum absolute atomic E-state index is 12.9. The van der Waals surface area contributed by atoms with Crippen LogP contribution in [0.4, 0.5) is 5.69 Å². The summed E-state index contributed by atoms with van der Waals surface area (Å²) >= 11 is 0. The molecular weight excluding hydrogens is 392 g/mol. The molecule has 0 aliphatic rings. The van der Waals surface area contributed by atoms with Gasteiger partial charge in [0.15, 0.2) is 0 Å². The molecule has 0 saturated heterocycles. The first kappa shape index (κ1) is 22.4. The molecular formula is C24H30N4O3. The average Bonchev–Trinajstić information content (AvgIpc) is 2.97. The zero-order chi connectivity index (χ0) is 22.4.